The van der Waals surface area contributed by atoms with E-state index in [-0.39, 0.29) is 16.5 Å². The lowest BCUT2D eigenvalue weighted by Gasteiger charge is -2.12. The molecule has 0 radical (unpaired) electrons. The Morgan fingerprint density at radius 2 is 2.25 bits per heavy atom. The zero-order chi connectivity index (χ0) is 11.5. The SMILES string of the molecule is O=C(C1=COCCC1)c1ncc(Cl)cc1Cl. The topological polar surface area (TPSA) is 39.2 Å². The van der Waals surface area contributed by atoms with Crippen LogP contribution in [0.15, 0.2) is 24.1 Å². The molecule has 0 aliphatic carbocycles. The molecule has 0 fully saturated rings. The number of hydrogen-bond donors (Lipinski definition) is 0. The van der Waals surface area contributed by atoms with Crippen molar-refractivity contribution in [3.05, 3.63) is 39.8 Å². The van der Waals surface area contributed by atoms with Crippen molar-refractivity contribution < 1.29 is 9.53 Å². The molecule has 0 saturated carbocycles. The number of carbonyl (C=O) groups excluding carboxylic acids is 1. The van der Waals surface area contributed by atoms with E-state index in [1.54, 1.807) is 0 Å². The third kappa shape index (κ3) is 2.36. The van der Waals surface area contributed by atoms with Crippen LogP contribution in [0, 0.1) is 0 Å². The lowest BCUT2D eigenvalue weighted by atomic mass is 10.0. The molecule has 0 bridgehead atoms. The van der Waals surface area contributed by atoms with Crippen LogP contribution < -0.4 is 0 Å². The minimum atomic E-state index is -0.193. The second kappa shape index (κ2) is 4.85. The molecular weight excluding hydrogens is 249 g/mol. The zero-order valence-electron chi connectivity index (χ0n) is 8.37. The first-order valence-corrected chi connectivity index (χ1v) is 5.60. The Kier molecular flexibility index (Phi) is 3.46. The van der Waals surface area contributed by atoms with Crippen LogP contribution in [0.4, 0.5) is 0 Å². The normalized spacial score (nSPS) is 15.2. The fourth-order valence-electron chi connectivity index (χ4n) is 1.47. The minimum absolute atomic E-state index is 0.193. The number of ether oxygens (including phenoxy) is 1. The molecule has 0 saturated heterocycles. The average Bonchev–Trinajstić information content (AvgIpc) is 2.29. The van der Waals surface area contributed by atoms with Gasteiger partial charge in [0.15, 0.2) is 0 Å². The summed E-state index contributed by atoms with van der Waals surface area (Å²) in [4.78, 5) is 15.9. The molecule has 1 aliphatic rings. The predicted molar refractivity (Wildman–Crippen MR) is 61.9 cm³/mol. The average molecular weight is 258 g/mol. The number of carbonyl (C=O) groups is 1. The molecule has 0 spiro atoms. The lowest BCUT2D eigenvalue weighted by Crippen LogP contribution is -2.11. The van der Waals surface area contributed by atoms with Crippen LogP contribution in [0.3, 0.4) is 0 Å². The summed E-state index contributed by atoms with van der Waals surface area (Å²) < 4.78 is 5.11. The first kappa shape index (κ1) is 11.4. The van der Waals surface area contributed by atoms with Gasteiger partial charge in [0.2, 0.25) is 5.78 Å². The van der Waals surface area contributed by atoms with Crippen LogP contribution >= 0.6 is 23.2 Å². The van der Waals surface area contributed by atoms with Crippen LogP contribution in [0.25, 0.3) is 0 Å². The predicted octanol–water partition coefficient (Wildman–Crippen LogP) is 3.27. The Labute approximate surface area is 103 Å². The van der Waals surface area contributed by atoms with E-state index in [1.807, 2.05) is 0 Å². The van der Waals surface area contributed by atoms with Gasteiger partial charge in [0, 0.05) is 11.8 Å². The molecule has 84 valence electrons. The van der Waals surface area contributed by atoms with Crippen LogP contribution in [0.1, 0.15) is 23.3 Å². The first-order valence-electron chi connectivity index (χ1n) is 4.85. The van der Waals surface area contributed by atoms with Gasteiger partial charge in [0.25, 0.3) is 0 Å². The summed E-state index contributed by atoms with van der Waals surface area (Å²) in [7, 11) is 0. The summed E-state index contributed by atoms with van der Waals surface area (Å²) in [5.41, 5.74) is 0.825. The Morgan fingerprint density at radius 1 is 1.44 bits per heavy atom. The van der Waals surface area contributed by atoms with E-state index in [4.69, 9.17) is 27.9 Å². The van der Waals surface area contributed by atoms with E-state index < -0.39 is 0 Å². The van der Waals surface area contributed by atoms with Crippen molar-refractivity contribution in [2.45, 2.75) is 12.8 Å². The van der Waals surface area contributed by atoms with E-state index in [0.717, 1.165) is 6.42 Å². The highest BCUT2D eigenvalue weighted by atomic mass is 35.5. The van der Waals surface area contributed by atoms with E-state index in [2.05, 4.69) is 4.98 Å². The lowest BCUT2D eigenvalue weighted by molar-refractivity contribution is 0.101. The number of Topliss-reactive ketones (excluding diaryl/α,β-unsaturated/α-hetero) is 1. The maximum atomic E-state index is 12.0. The zero-order valence-corrected chi connectivity index (χ0v) is 9.88. The number of nitrogens with zero attached hydrogens (tertiary/aromatic N) is 1. The van der Waals surface area contributed by atoms with Crippen molar-refractivity contribution in [1.82, 2.24) is 4.98 Å². The van der Waals surface area contributed by atoms with E-state index in [9.17, 15) is 4.79 Å². The fourth-order valence-corrected chi connectivity index (χ4v) is 1.93. The van der Waals surface area contributed by atoms with Gasteiger partial charge in [-0.1, -0.05) is 23.2 Å². The quantitative estimate of drug-likeness (QED) is 0.764. The van der Waals surface area contributed by atoms with Gasteiger partial charge < -0.3 is 4.74 Å². The summed E-state index contributed by atoms with van der Waals surface area (Å²) in [5.74, 6) is -0.193. The highest BCUT2D eigenvalue weighted by Crippen LogP contribution is 2.23. The molecule has 0 amide bonds. The summed E-state index contributed by atoms with van der Waals surface area (Å²) in [6.45, 7) is 0.651. The highest BCUT2D eigenvalue weighted by molar-refractivity contribution is 6.37. The number of allylic oxidation sites excluding steroid dienone is 1. The molecule has 0 aromatic carbocycles. The van der Waals surface area contributed by atoms with Crippen molar-refractivity contribution in [2.75, 3.05) is 6.61 Å². The van der Waals surface area contributed by atoms with Crippen LogP contribution in [-0.2, 0) is 4.74 Å². The Balaban J connectivity index is 2.30. The van der Waals surface area contributed by atoms with Gasteiger partial charge >= 0.3 is 0 Å². The molecule has 1 aromatic heterocycles. The Bertz CT molecular complexity index is 457. The number of rotatable bonds is 2. The molecular formula is C11H9Cl2NO2. The number of pyridine rings is 1. The van der Waals surface area contributed by atoms with Crippen LogP contribution in [0.5, 0.6) is 0 Å². The molecule has 16 heavy (non-hydrogen) atoms. The largest absolute Gasteiger partial charge is 0.501 e. The summed E-state index contributed by atoms with van der Waals surface area (Å²) >= 11 is 11.6. The van der Waals surface area contributed by atoms with Gasteiger partial charge in [0.1, 0.15) is 5.69 Å². The summed E-state index contributed by atoms with van der Waals surface area (Å²) in [5, 5.41) is 0.680. The van der Waals surface area contributed by atoms with Crippen LogP contribution in [0.2, 0.25) is 10.0 Å². The number of aromatic nitrogens is 1. The van der Waals surface area contributed by atoms with Crippen LogP contribution in [-0.4, -0.2) is 17.4 Å². The maximum Gasteiger partial charge on any atom is 0.211 e. The van der Waals surface area contributed by atoms with Gasteiger partial charge in [0.05, 0.1) is 22.9 Å². The van der Waals surface area contributed by atoms with Gasteiger partial charge in [-0.3, -0.25) is 4.79 Å². The molecule has 2 rings (SSSR count). The minimum Gasteiger partial charge on any atom is -0.501 e. The maximum absolute atomic E-state index is 12.0. The number of ketones is 1. The number of hydrogen-bond acceptors (Lipinski definition) is 3. The first-order chi connectivity index (χ1) is 7.68. The second-order valence-corrected chi connectivity index (χ2v) is 4.27. The van der Waals surface area contributed by atoms with E-state index >= 15 is 0 Å². The van der Waals surface area contributed by atoms with Crippen molar-refractivity contribution in [1.29, 1.82) is 0 Å². The molecule has 2 heterocycles. The molecule has 0 N–H and O–H groups in total. The van der Waals surface area contributed by atoms with Crippen molar-refractivity contribution in [3.8, 4) is 0 Å². The molecule has 5 heteroatoms. The Hall–Kier alpha value is -1.06. The smallest absolute Gasteiger partial charge is 0.211 e. The molecule has 0 atom stereocenters. The summed E-state index contributed by atoms with van der Waals surface area (Å²) in [6, 6.07) is 1.51. The van der Waals surface area contributed by atoms with Gasteiger partial charge in [-0.05, 0) is 18.9 Å². The Morgan fingerprint density at radius 3 is 2.88 bits per heavy atom. The van der Waals surface area contributed by atoms with Crippen molar-refractivity contribution in [3.63, 3.8) is 0 Å². The molecule has 3 nitrogen and oxygen atoms in total. The number of halogens is 2. The molecule has 1 aliphatic heterocycles. The monoisotopic (exact) mass is 257 g/mol. The summed E-state index contributed by atoms with van der Waals surface area (Å²) in [6.07, 6.45) is 4.42. The highest BCUT2D eigenvalue weighted by Gasteiger charge is 2.19. The standard InChI is InChI=1S/C11H9Cl2NO2/c12-8-4-9(13)10(14-5-8)11(15)7-2-1-3-16-6-7/h4-6H,1-3H2. The fraction of sp³-hybridized carbons (Fsp3) is 0.273. The van der Waals surface area contributed by atoms with Crippen molar-refractivity contribution >= 4 is 29.0 Å². The third-order valence-corrected chi connectivity index (χ3v) is 2.74. The molecule has 0 unspecified atom stereocenters. The van der Waals surface area contributed by atoms with Gasteiger partial charge in [-0.15, -0.1) is 0 Å². The van der Waals surface area contributed by atoms with E-state index in [0.29, 0.717) is 23.6 Å². The van der Waals surface area contributed by atoms with Crippen molar-refractivity contribution in [2.24, 2.45) is 0 Å². The third-order valence-electron chi connectivity index (χ3n) is 2.25. The molecule has 1 aromatic rings. The van der Waals surface area contributed by atoms with Gasteiger partial charge in [-0.2, -0.15) is 0 Å². The van der Waals surface area contributed by atoms with E-state index in [1.165, 1.54) is 18.5 Å². The van der Waals surface area contributed by atoms with Gasteiger partial charge in [-0.25, -0.2) is 4.98 Å². The second-order valence-electron chi connectivity index (χ2n) is 3.43.